The lowest BCUT2D eigenvalue weighted by atomic mass is 10.0. The van der Waals surface area contributed by atoms with Gasteiger partial charge in [-0.2, -0.15) is 0 Å². The standard InChI is InChI=1S/C11H17N.C6H14.CH5N/c1-9-5-4-6-11(8-12-3)7-10(9)2;1-4-6(3)5-2;1-2/h4-7,9,12H,8H2,1-3H3;6H,4-5H2,1-3H3;2H2,1H3. The second kappa shape index (κ2) is 14.5. The maximum atomic E-state index is 4.50. The maximum absolute atomic E-state index is 4.50. The van der Waals surface area contributed by atoms with Crippen LogP contribution in [0.4, 0.5) is 0 Å². The van der Waals surface area contributed by atoms with E-state index >= 15 is 0 Å². The molecule has 2 heteroatoms. The number of likely N-dealkylation sites (N-methyl/N-ethyl adjacent to an activating group) is 1. The van der Waals surface area contributed by atoms with Gasteiger partial charge in [0.2, 0.25) is 0 Å². The van der Waals surface area contributed by atoms with Crippen LogP contribution in [0.25, 0.3) is 0 Å². The highest BCUT2D eigenvalue weighted by Crippen LogP contribution is 2.16. The van der Waals surface area contributed by atoms with E-state index in [1.165, 1.54) is 31.0 Å². The van der Waals surface area contributed by atoms with Crippen molar-refractivity contribution in [1.29, 1.82) is 0 Å². The maximum Gasteiger partial charge on any atom is 0.0202 e. The number of rotatable bonds is 4. The molecule has 0 spiro atoms. The number of hydrogen-bond donors (Lipinski definition) is 2. The average molecular weight is 281 g/mol. The Labute approximate surface area is 127 Å². The van der Waals surface area contributed by atoms with Gasteiger partial charge >= 0.3 is 0 Å². The Morgan fingerprint density at radius 3 is 2.20 bits per heavy atom. The Balaban J connectivity index is 0. The van der Waals surface area contributed by atoms with Gasteiger partial charge in [-0.25, -0.2) is 0 Å². The van der Waals surface area contributed by atoms with Crippen LogP contribution in [-0.2, 0) is 0 Å². The second-order valence-corrected chi connectivity index (χ2v) is 5.26. The summed E-state index contributed by atoms with van der Waals surface area (Å²) < 4.78 is 0. The highest BCUT2D eigenvalue weighted by Gasteiger charge is 2.02. The third-order valence-corrected chi connectivity index (χ3v) is 3.62. The first-order valence-electron chi connectivity index (χ1n) is 7.82. The van der Waals surface area contributed by atoms with E-state index in [1.54, 1.807) is 0 Å². The molecule has 2 nitrogen and oxygen atoms in total. The molecule has 1 atom stereocenters. The summed E-state index contributed by atoms with van der Waals surface area (Å²) in [5.41, 5.74) is 7.29. The van der Waals surface area contributed by atoms with Crippen LogP contribution in [0.2, 0.25) is 0 Å². The zero-order chi connectivity index (χ0) is 16.0. The number of allylic oxidation sites excluding steroid dienone is 4. The normalized spacial score (nSPS) is 17.1. The van der Waals surface area contributed by atoms with E-state index < -0.39 is 0 Å². The fourth-order valence-electron chi connectivity index (χ4n) is 1.57. The van der Waals surface area contributed by atoms with Gasteiger partial charge in [0, 0.05) is 6.54 Å². The molecule has 3 N–H and O–H groups in total. The third-order valence-electron chi connectivity index (χ3n) is 3.62. The Morgan fingerprint density at radius 1 is 1.25 bits per heavy atom. The van der Waals surface area contributed by atoms with E-state index in [-0.39, 0.29) is 0 Å². The molecule has 0 fully saturated rings. The Bertz CT molecular complexity index is 297. The lowest BCUT2D eigenvalue weighted by molar-refractivity contribution is 0.544. The van der Waals surface area contributed by atoms with E-state index in [0.29, 0.717) is 5.92 Å². The SMILES string of the molecule is CCC(C)CC.CN.CNCC1=CC=CC(C)C(C)=C1. The van der Waals surface area contributed by atoms with Crippen molar-refractivity contribution in [3.8, 4) is 0 Å². The molecular formula is C18H36N2. The molecule has 0 heterocycles. The van der Waals surface area contributed by atoms with E-state index in [2.05, 4.69) is 70.0 Å². The zero-order valence-electron chi connectivity index (χ0n) is 14.7. The van der Waals surface area contributed by atoms with Crippen LogP contribution >= 0.6 is 0 Å². The van der Waals surface area contributed by atoms with Crippen molar-refractivity contribution >= 4 is 0 Å². The summed E-state index contributed by atoms with van der Waals surface area (Å²) in [7, 11) is 3.47. The molecule has 0 radical (unpaired) electrons. The number of nitrogens with one attached hydrogen (secondary N) is 1. The number of hydrogen-bond acceptors (Lipinski definition) is 2. The van der Waals surface area contributed by atoms with Crippen molar-refractivity contribution in [2.45, 2.75) is 47.5 Å². The topological polar surface area (TPSA) is 38.0 Å². The fourth-order valence-corrected chi connectivity index (χ4v) is 1.57. The largest absolute Gasteiger partial charge is 0.333 e. The van der Waals surface area contributed by atoms with E-state index in [1.807, 2.05) is 7.05 Å². The lowest BCUT2D eigenvalue weighted by Gasteiger charge is -2.05. The highest BCUT2D eigenvalue weighted by molar-refractivity contribution is 5.33. The molecule has 0 aromatic carbocycles. The van der Waals surface area contributed by atoms with Gasteiger partial charge < -0.3 is 11.1 Å². The summed E-state index contributed by atoms with van der Waals surface area (Å²) in [6, 6.07) is 0. The smallest absolute Gasteiger partial charge is 0.0202 e. The van der Waals surface area contributed by atoms with Crippen molar-refractivity contribution < 1.29 is 0 Å². The molecule has 1 unspecified atom stereocenters. The van der Waals surface area contributed by atoms with Crippen molar-refractivity contribution in [1.82, 2.24) is 5.32 Å². The molecule has 0 aliphatic heterocycles. The van der Waals surface area contributed by atoms with Crippen LogP contribution in [0, 0.1) is 11.8 Å². The quantitative estimate of drug-likeness (QED) is 0.805. The molecule has 0 aromatic heterocycles. The van der Waals surface area contributed by atoms with Gasteiger partial charge in [0.15, 0.2) is 0 Å². The van der Waals surface area contributed by atoms with Gasteiger partial charge in [-0.15, -0.1) is 0 Å². The predicted molar refractivity (Wildman–Crippen MR) is 93.9 cm³/mol. The van der Waals surface area contributed by atoms with E-state index in [9.17, 15) is 0 Å². The first-order valence-corrected chi connectivity index (χ1v) is 7.82. The van der Waals surface area contributed by atoms with Gasteiger partial charge in [0.25, 0.3) is 0 Å². The van der Waals surface area contributed by atoms with Gasteiger partial charge in [-0.3, -0.25) is 0 Å². The molecular weight excluding hydrogens is 244 g/mol. The Kier molecular flexibility index (Phi) is 15.6. The molecule has 1 aliphatic carbocycles. The minimum absolute atomic E-state index is 0.579. The van der Waals surface area contributed by atoms with Crippen LogP contribution in [0.5, 0.6) is 0 Å². The molecule has 0 bridgehead atoms. The van der Waals surface area contributed by atoms with Crippen LogP contribution in [-0.4, -0.2) is 20.6 Å². The van der Waals surface area contributed by atoms with Gasteiger partial charge in [-0.05, 0) is 38.4 Å². The molecule has 20 heavy (non-hydrogen) atoms. The predicted octanol–water partition coefficient (Wildman–Crippen LogP) is 4.30. The molecule has 0 aromatic rings. The monoisotopic (exact) mass is 280 g/mol. The zero-order valence-corrected chi connectivity index (χ0v) is 14.7. The summed E-state index contributed by atoms with van der Waals surface area (Å²) in [5, 5.41) is 3.15. The van der Waals surface area contributed by atoms with Crippen LogP contribution < -0.4 is 11.1 Å². The Morgan fingerprint density at radius 2 is 1.80 bits per heavy atom. The first kappa shape index (κ1) is 21.4. The molecule has 1 rings (SSSR count). The van der Waals surface area contributed by atoms with Crippen molar-refractivity contribution in [3.05, 3.63) is 35.5 Å². The lowest BCUT2D eigenvalue weighted by Crippen LogP contribution is -2.09. The van der Waals surface area contributed by atoms with Gasteiger partial charge in [0.05, 0.1) is 0 Å². The summed E-state index contributed by atoms with van der Waals surface area (Å²) in [6.07, 6.45) is 11.5. The minimum atomic E-state index is 0.579. The second-order valence-electron chi connectivity index (χ2n) is 5.26. The average Bonchev–Trinajstić information content (AvgIpc) is 2.63. The minimum Gasteiger partial charge on any atom is -0.333 e. The van der Waals surface area contributed by atoms with Gasteiger partial charge in [0.1, 0.15) is 0 Å². The van der Waals surface area contributed by atoms with Gasteiger partial charge in [-0.1, -0.05) is 70.4 Å². The summed E-state index contributed by atoms with van der Waals surface area (Å²) in [6.45, 7) is 12.1. The van der Waals surface area contributed by atoms with Crippen molar-refractivity contribution in [2.24, 2.45) is 17.6 Å². The van der Waals surface area contributed by atoms with E-state index in [4.69, 9.17) is 0 Å². The third kappa shape index (κ3) is 11.0. The molecule has 1 aliphatic rings. The summed E-state index contributed by atoms with van der Waals surface area (Å²) >= 11 is 0. The number of nitrogens with two attached hydrogens (primary N) is 1. The van der Waals surface area contributed by atoms with Crippen molar-refractivity contribution in [2.75, 3.05) is 20.6 Å². The molecule has 0 saturated heterocycles. The Hall–Kier alpha value is -0.860. The van der Waals surface area contributed by atoms with E-state index in [0.717, 1.165) is 12.5 Å². The highest BCUT2D eigenvalue weighted by atomic mass is 14.8. The summed E-state index contributed by atoms with van der Waals surface area (Å²) in [5.74, 6) is 1.51. The van der Waals surface area contributed by atoms with Crippen LogP contribution in [0.3, 0.4) is 0 Å². The first-order chi connectivity index (χ1) is 9.54. The molecule has 0 saturated carbocycles. The fraction of sp³-hybridized carbons (Fsp3) is 0.667. The van der Waals surface area contributed by atoms with Crippen LogP contribution in [0.1, 0.15) is 47.5 Å². The molecule has 0 amide bonds. The van der Waals surface area contributed by atoms with Crippen LogP contribution in [0.15, 0.2) is 35.5 Å². The summed E-state index contributed by atoms with van der Waals surface area (Å²) in [4.78, 5) is 0. The van der Waals surface area contributed by atoms with Crippen molar-refractivity contribution in [3.63, 3.8) is 0 Å². The molecule has 118 valence electrons.